The van der Waals surface area contributed by atoms with Gasteiger partial charge in [-0.05, 0) is 48.3 Å². The minimum absolute atomic E-state index is 0.799. The number of halogens is 1. The summed E-state index contributed by atoms with van der Waals surface area (Å²) in [5.41, 5.74) is 2.21. The Morgan fingerprint density at radius 2 is 1.95 bits per heavy atom. The van der Waals surface area contributed by atoms with Crippen LogP contribution in [0.2, 0.25) is 0 Å². The standard InChI is InChI=1S/C16H18IN3/c1-2-18-16-14(17)15(12-6-4-3-5-7-12)19-13(20-16)10-11-8-9-11/h3-7,11H,2,8-10H2,1H3,(H,18,19,20). The number of anilines is 1. The molecule has 104 valence electrons. The van der Waals surface area contributed by atoms with Gasteiger partial charge in [0, 0.05) is 18.5 Å². The molecule has 1 aliphatic rings. The van der Waals surface area contributed by atoms with Crippen molar-refractivity contribution < 1.29 is 0 Å². The molecule has 0 aliphatic heterocycles. The molecule has 4 heteroatoms. The van der Waals surface area contributed by atoms with Crippen LogP contribution in [0.1, 0.15) is 25.6 Å². The van der Waals surface area contributed by atoms with Gasteiger partial charge in [0.25, 0.3) is 0 Å². The average molecular weight is 379 g/mol. The first kappa shape index (κ1) is 13.8. The van der Waals surface area contributed by atoms with Crippen LogP contribution in [0.3, 0.4) is 0 Å². The third-order valence-electron chi connectivity index (χ3n) is 3.46. The van der Waals surface area contributed by atoms with Crippen molar-refractivity contribution >= 4 is 28.4 Å². The van der Waals surface area contributed by atoms with Crippen LogP contribution in [0.25, 0.3) is 11.3 Å². The van der Waals surface area contributed by atoms with Crippen LogP contribution < -0.4 is 5.32 Å². The van der Waals surface area contributed by atoms with Crippen LogP contribution in [0.15, 0.2) is 30.3 Å². The first-order chi connectivity index (χ1) is 9.78. The zero-order chi connectivity index (χ0) is 13.9. The van der Waals surface area contributed by atoms with Crippen molar-refractivity contribution in [3.05, 3.63) is 39.7 Å². The second kappa shape index (κ2) is 6.08. The molecule has 1 aromatic heterocycles. The maximum atomic E-state index is 4.81. The molecule has 0 radical (unpaired) electrons. The molecule has 1 fully saturated rings. The number of aromatic nitrogens is 2. The van der Waals surface area contributed by atoms with Crippen LogP contribution in [-0.4, -0.2) is 16.5 Å². The van der Waals surface area contributed by atoms with Gasteiger partial charge in [0.1, 0.15) is 11.6 Å². The molecule has 0 bridgehead atoms. The quantitative estimate of drug-likeness (QED) is 0.794. The van der Waals surface area contributed by atoms with E-state index in [9.17, 15) is 0 Å². The van der Waals surface area contributed by atoms with Crippen molar-refractivity contribution in [2.24, 2.45) is 5.92 Å². The number of nitrogens with one attached hydrogen (secondary N) is 1. The van der Waals surface area contributed by atoms with Gasteiger partial charge in [-0.2, -0.15) is 0 Å². The van der Waals surface area contributed by atoms with Gasteiger partial charge in [-0.15, -0.1) is 0 Å². The van der Waals surface area contributed by atoms with Gasteiger partial charge in [0.2, 0.25) is 0 Å². The lowest BCUT2D eigenvalue weighted by atomic mass is 10.1. The molecule has 3 nitrogen and oxygen atoms in total. The predicted molar refractivity (Wildman–Crippen MR) is 90.8 cm³/mol. The Morgan fingerprint density at radius 3 is 2.60 bits per heavy atom. The Morgan fingerprint density at radius 1 is 1.20 bits per heavy atom. The maximum Gasteiger partial charge on any atom is 0.143 e. The van der Waals surface area contributed by atoms with Crippen molar-refractivity contribution in [2.75, 3.05) is 11.9 Å². The lowest BCUT2D eigenvalue weighted by molar-refractivity contribution is 0.770. The summed E-state index contributed by atoms with van der Waals surface area (Å²) in [5, 5.41) is 3.36. The highest BCUT2D eigenvalue weighted by molar-refractivity contribution is 14.1. The summed E-state index contributed by atoms with van der Waals surface area (Å²) < 4.78 is 1.11. The second-order valence-corrected chi connectivity index (χ2v) is 6.27. The van der Waals surface area contributed by atoms with E-state index >= 15 is 0 Å². The molecule has 0 unspecified atom stereocenters. The molecule has 0 atom stereocenters. The van der Waals surface area contributed by atoms with Crippen LogP contribution in [-0.2, 0) is 6.42 Å². The molecule has 1 saturated carbocycles. The van der Waals surface area contributed by atoms with Crippen molar-refractivity contribution in [2.45, 2.75) is 26.2 Å². The molecule has 3 rings (SSSR count). The van der Waals surface area contributed by atoms with E-state index in [0.29, 0.717) is 0 Å². The monoisotopic (exact) mass is 379 g/mol. The van der Waals surface area contributed by atoms with Gasteiger partial charge in [0.05, 0.1) is 9.26 Å². The fourth-order valence-corrected chi connectivity index (χ4v) is 2.98. The number of hydrogen-bond donors (Lipinski definition) is 1. The number of rotatable bonds is 5. The molecule has 0 saturated heterocycles. The molecule has 0 amide bonds. The van der Waals surface area contributed by atoms with Crippen molar-refractivity contribution in [3.8, 4) is 11.3 Å². The van der Waals surface area contributed by atoms with Gasteiger partial charge in [-0.1, -0.05) is 30.3 Å². The van der Waals surface area contributed by atoms with E-state index in [2.05, 4.69) is 59.1 Å². The predicted octanol–water partition coefficient (Wildman–Crippen LogP) is 4.13. The Labute approximate surface area is 133 Å². The third kappa shape index (κ3) is 3.11. The Kier molecular flexibility index (Phi) is 4.19. The molecule has 2 aromatic rings. The zero-order valence-corrected chi connectivity index (χ0v) is 13.7. The average Bonchev–Trinajstić information content (AvgIpc) is 3.27. The largest absolute Gasteiger partial charge is 0.369 e. The van der Waals surface area contributed by atoms with E-state index < -0.39 is 0 Å². The van der Waals surface area contributed by atoms with Gasteiger partial charge in [-0.3, -0.25) is 0 Å². The highest BCUT2D eigenvalue weighted by Gasteiger charge is 2.24. The first-order valence-electron chi connectivity index (χ1n) is 7.13. The minimum atomic E-state index is 0.799. The molecule has 1 heterocycles. The van der Waals surface area contributed by atoms with Gasteiger partial charge >= 0.3 is 0 Å². The lowest BCUT2D eigenvalue weighted by Crippen LogP contribution is -2.08. The summed E-state index contributed by atoms with van der Waals surface area (Å²) in [6.07, 6.45) is 3.66. The van der Waals surface area contributed by atoms with Crippen molar-refractivity contribution in [1.29, 1.82) is 0 Å². The first-order valence-corrected chi connectivity index (χ1v) is 8.21. The molecule has 1 N–H and O–H groups in total. The summed E-state index contributed by atoms with van der Waals surface area (Å²) >= 11 is 2.35. The molecular formula is C16H18IN3. The SMILES string of the molecule is CCNc1nc(CC2CC2)nc(-c2ccccc2)c1I. The second-order valence-electron chi connectivity index (χ2n) is 5.19. The Balaban J connectivity index is 2.03. The number of benzene rings is 1. The number of hydrogen-bond acceptors (Lipinski definition) is 3. The van der Waals surface area contributed by atoms with Crippen LogP contribution in [0, 0.1) is 9.49 Å². The summed E-state index contributed by atoms with van der Waals surface area (Å²) in [6.45, 7) is 2.98. The maximum absolute atomic E-state index is 4.81. The van der Waals surface area contributed by atoms with Crippen LogP contribution in [0.5, 0.6) is 0 Å². The fraction of sp³-hybridized carbons (Fsp3) is 0.375. The highest BCUT2D eigenvalue weighted by atomic mass is 127. The Hall–Kier alpha value is -1.17. The van der Waals surface area contributed by atoms with Crippen LogP contribution in [0.4, 0.5) is 5.82 Å². The third-order valence-corrected chi connectivity index (χ3v) is 4.48. The van der Waals surface area contributed by atoms with E-state index in [1.54, 1.807) is 0 Å². The van der Waals surface area contributed by atoms with E-state index in [-0.39, 0.29) is 0 Å². The van der Waals surface area contributed by atoms with Crippen molar-refractivity contribution in [1.82, 2.24) is 9.97 Å². The summed E-state index contributed by atoms with van der Waals surface area (Å²) in [7, 11) is 0. The summed E-state index contributed by atoms with van der Waals surface area (Å²) in [4.78, 5) is 9.51. The molecule has 20 heavy (non-hydrogen) atoms. The lowest BCUT2D eigenvalue weighted by Gasteiger charge is -2.12. The normalized spacial score (nSPS) is 14.3. The van der Waals surface area contributed by atoms with E-state index in [1.807, 2.05) is 6.07 Å². The highest BCUT2D eigenvalue weighted by Crippen LogP contribution is 2.34. The smallest absolute Gasteiger partial charge is 0.143 e. The molecule has 0 spiro atoms. The molecule has 1 aromatic carbocycles. The van der Waals surface area contributed by atoms with Crippen LogP contribution >= 0.6 is 22.6 Å². The minimum Gasteiger partial charge on any atom is -0.369 e. The van der Waals surface area contributed by atoms with E-state index in [4.69, 9.17) is 9.97 Å². The Bertz CT molecular complexity index is 594. The van der Waals surface area contributed by atoms with E-state index in [0.717, 1.165) is 45.4 Å². The van der Waals surface area contributed by atoms with Gasteiger partial charge in [-0.25, -0.2) is 9.97 Å². The van der Waals surface area contributed by atoms with Crippen molar-refractivity contribution in [3.63, 3.8) is 0 Å². The van der Waals surface area contributed by atoms with E-state index in [1.165, 1.54) is 12.8 Å². The summed E-state index contributed by atoms with van der Waals surface area (Å²) in [5.74, 6) is 2.74. The fourth-order valence-electron chi connectivity index (χ4n) is 2.24. The molecular weight excluding hydrogens is 361 g/mol. The summed E-state index contributed by atoms with van der Waals surface area (Å²) in [6, 6.07) is 10.4. The van der Waals surface area contributed by atoms with Gasteiger partial charge in [0.15, 0.2) is 0 Å². The van der Waals surface area contributed by atoms with Gasteiger partial charge < -0.3 is 5.32 Å². The topological polar surface area (TPSA) is 37.8 Å². The molecule has 1 aliphatic carbocycles. The zero-order valence-electron chi connectivity index (χ0n) is 11.6. The number of nitrogens with zero attached hydrogens (tertiary/aromatic N) is 2.